The average Bonchev–Trinajstić information content (AvgIpc) is 2.41. The van der Waals surface area contributed by atoms with Crippen LogP contribution in [0.1, 0.15) is 11.1 Å². The van der Waals surface area contributed by atoms with E-state index in [-0.39, 0.29) is 12.2 Å². The van der Waals surface area contributed by atoms with Crippen LogP contribution >= 0.6 is 23.2 Å². The van der Waals surface area contributed by atoms with Crippen molar-refractivity contribution in [2.75, 3.05) is 5.73 Å². The van der Waals surface area contributed by atoms with Crippen LogP contribution in [-0.4, -0.2) is 5.78 Å². The smallest absolute Gasteiger partial charge is 0.160 e. The molecule has 0 atom stereocenters. The van der Waals surface area contributed by atoms with Crippen molar-refractivity contribution in [2.24, 2.45) is 0 Å². The summed E-state index contributed by atoms with van der Waals surface area (Å²) in [5.74, 6) is -0.0222. The number of halogens is 2. The number of carbonyl (C=O) groups is 1. The molecule has 0 unspecified atom stereocenters. The summed E-state index contributed by atoms with van der Waals surface area (Å²) in [6.45, 7) is 0. The molecule has 0 aliphatic rings. The van der Waals surface area contributed by atoms with Gasteiger partial charge in [0.2, 0.25) is 0 Å². The van der Waals surface area contributed by atoms with Crippen molar-refractivity contribution in [3.63, 3.8) is 0 Å². The van der Waals surface area contributed by atoms with Crippen LogP contribution in [0.5, 0.6) is 0 Å². The quantitative estimate of drug-likeness (QED) is 0.672. The van der Waals surface area contributed by atoms with Crippen molar-refractivity contribution in [1.29, 1.82) is 0 Å². The van der Waals surface area contributed by atoms with E-state index < -0.39 is 0 Å². The number of rotatable bonds is 4. The van der Waals surface area contributed by atoms with Gasteiger partial charge < -0.3 is 5.73 Å². The van der Waals surface area contributed by atoms with Crippen LogP contribution in [0.15, 0.2) is 48.5 Å². The Morgan fingerprint density at radius 3 is 2.45 bits per heavy atom. The molecule has 4 heteroatoms. The number of benzene rings is 2. The molecule has 2 aromatic rings. The molecule has 0 radical (unpaired) electrons. The molecule has 0 heterocycles. The highest BCUT2D eigenvalue weighted by Crippen LogP contribution is 2.21. The second kappa shape index (κ2) is 6.60. The Kier molecular flexibility index (Phi) is 4.83. The van der Waals surface area contributed by atoms with Gasteiger partial charge in [0.1, 0.15) is 0 Å². The number of hydrogen-bond acceptors (Lipinski definition) is 2. The van der Waals surface area contributed by atoms with Gasteiger partial charge in [0, 0.05) is 22.2 Å². The van der Waals surface area contributed by atoms with E-state index in [9.17, 15) is 4.79 Å². The van der Waals surface area contributed by atoms with Crippen LogP contribution in [0.3, 0.4) is 0 Å². The SMILES string of the molecule is Nc1ccc(/C=C/C(=O)Cc2ccc(Cl)cc2Cl)cc1. The third-order valence-electron chi connectivity index (χ3n) is 2.78. The van der Waals surface area contributed by atoms with Crippen molar-refractivity contribution in [1.82, 2.24) is 0 Å². The van der Waals surface area contributed by atoms with Gasteiger partial charge in [0.05, 0.1) is 0 Å². The van der Waals surface area contributed by atoms with Gasteiger partial charge in [0.15, 0.2) is 5.78 Å². The molecular weight excluding hydrogens is 293 g/mol. The Bertz CT molecular complexity index is 648. The highest BCUT2D eigenvalue weighted by molar-refractivity contribution is 6.35. The summed E-state index contributed by atoms with van der Waals surface area (Å²) in [6.07, 6.45) is 3.55. The van der Waals surface area contributed by atoms with Gasteiger partial charge in [-0.1, -0.05) is 47.5 Å². The van der Waals surface area contributed by atoms with Crippen LogP contribution < -0.4 is 5.73 Å². The van der Waals surface area contributed by atoms with Gasteiger partial charge in [-0.05, 0) is 41.5 Å². The minimum Gasteiger partial charge on any atom is -0.399 e. The van der Waals surface area contributed by atoms with Crippen molar-refractivity contribution in [3.8, 4) is 0 Å². The fourth-order valence-electron chi connectivity index (χ4n) is 1.71. The second-order valence-electron chi connectivity index (χ2n) is 4.38. The van der Waals surface area contributed by atoms with E-state index >= 15 is 0 Å². The fourth-order valence-corrected chi connectivity index (χ4v) is 2.18. The maximum atomic E-state index is 11.9. The lowest BCUT2D eigenvalue weighted by Crippen LogP contribution is -1.99. The van der Waals surface area contributed by atoms with E-state index in [1.54, 1.807) is 36.4 Å². The molecular formula is C16H13Cl2NO. The summed E-state index contributed by atoms with van der Waals surface area (Å²) in [7, 11) is 0. The van der Waals surface area contributed by atoms with E-state index in [2.05, 4.69) is 0 Å². The first kappa shape index (κ1) is 14.6. The number of nitrogen functional groups attached to an aromatic ring is 1. The molecule has 0 aliphatic carbocycles. The predicted molar refractivity (Wildman–Crippen MR) is 85.1 cm³/mol. The van der Waals surface area contributed by atoms with E-state index in [1.165, 1.54) is 6.08 Å². The lowest BCUT2D eigenvalue weighted by atomic mass is 10.1. The number of ketones is 1. The van der Waals surface area contributed by atoms with Crippen molar-refractivity contribution in [2.45, 2.75) is 6.42 Å². The first-order valence-electron chi connectivity index (χ1n) is 6.05. The molecule has 2 rings (SSSR count). The zero-order chi connectivity index (χ0) is 14.5. The summed E-state index contributed by atoms with van der Waals surface area (Å²) in [5.41, 5.74) is 7.99. The minimum absolute atomic E-state index is 0.0222. The number of nitrogens with two attached hydrogens (primary N) is 1. The van der Waals surface area contributed by atoms with E-state index in [1.807, 2.05) is 12.1 Å². The highest BCUT2D eigenvalue weighted by Gasteiger charge is 2.05. The first-order valence-corrected chi connectivity index (χ1v) is 6.80. The molecule has 20 heavy (non-hydrogen) atoms. The zero-order valence-corrected chi connectivity index (χ0v) is 12.2. The molecule has 2 aromatic carbocycles. The Morgan fingerprint density at radius 1 is 1.10 bits per heavy atom. The molecule has 102 valence electrons. The highest BCUT2D eigenvalue weighted by atomic mass is 35.5. The van der Waals surface area contributed by atoms with Crippen molar-refractivity contribution >= 4 is 40.7 Å². The number of anilines is 1. The molecule has 0 fully saturated rings. The van der Waals surface area contributed by atoms with Crippen LogP contribution in [0.4, 0.5) is 5.69 Å². The van der Waals surface area contributed by atoms with Crippen LogP contribution in [-0.2, 0) is 11.2 Å². The summed E-state index contributed by atoms with van der Waals surface area (Å²) in [6, 6.07) is 12.4. The molecule has 0 spiro atoms. The molecule has 0 saturated carbocycles. The predicted octanol–water partition coefficient (Wildman–Crippen LogP) is 4.40. The van der Waals surface area contributed by atoms with Crippen LogP contribution in [0.25, 0.3) is 6.08 Å². The van der Waals surface area contributed by atoms with Gasteiger partial charge in [0.25, 0.3) is 0 Å². The molecule has 0 saturated heterocycles. The lowest BCUT2D eigenvalue weighted by molar-refractivity contribution is -0.113. The molecule has 2 nitrogen and oxygen atoms in total. The van der Waals surface area contributed by atoms with Crippen LogP contribution in [0.2, 0.25) is 10.0 Å². The lowest BCUT2D eigenvalue weighted by Gasteiger charge is -2.02. The van der Waals surface area contributed by atoms with Gasteiger partial charge in [-0.15, -0.1) is 0 Å². The van der Waals surface area contributed by atoms with E-state index in [0.29, 0.717) is 15.7 Å². The Hall–Kier alpha value is -1.77. The fraction of sp³-hybridized carbons (Fsp3) is 0.0625. The molecule has 0 aliphatic heterocycles. The number of allylic oxidation sites excluding steroid dienone is 1. The Balaban J connectivity index is 2.03. The normalized spacial score (nSPS) is 10.9. The third-order valence-corrected chi connectivity index (χ3v) is 3.36. The minimum atomic E-state index is -0.0222. The summed E-state index contributed by atoms with van der Waals surface area (Å²) < 4.78 is 0. The van der Waals surface area contributed by atoms with Crippen LogP contribution in [0, 0.1) is 0 Å². The van der Waals surface area contributed by atoms with Crippen molar-refractivity contribution < 1.29 is 4.79 Å². The molecule has 0 amide bonds. The number of carbonyl (C=O) groups excluding carboxylic acids is 1. The number of hydrogen-bond donors (Lipinski definition) is 1. The summed E-state index contributed by atoms with van der Waals surface area (Å²) in [5, 5.41) is 1.07. The Labute approximate surface area is 127 Å². The van der Waals surface area contributed by atoms with Gasteiger partial charge in [-0.25, -0.2) is 0 Å². The standard InChI is InChI=1S/C16H13Cl2NO/c17-13-5-4-12(16(18)10-13)9-15(20)8-3-11-1-6-14(19)7-2-11/h1-8,10H,9,19H2/b8-3+. The van der Waals surface area contributed by atoms with Gasteiger partial charge in [-0.2, -0.15) is 0 Å². The second-order valence-corrected chi connectivity index (χ2v) is 5.22. The van der Waals surface area contributed by atoms with E-state index in [4.69, 9.17) is 28.9 Å². The maximum Gasteiger partial charge on any atom is 0.160 e. The first-order chi connectivity index (χ1) is 9.54. The summed E-state index contributed by atoms with van der Waals surface area (Å²) in [4.78, 5) is 11.9. The molecule has 0 bridgehead atoms. The molecule has 0 aromatic heterocycles. The Morgan fingerprint density at radius 2 is 1.80 bits per heavy atom. The average molecular weight is 306 g/mol. The van der Waals surface area contributed by atoms with Crippen molar-refractivity contribution in [3.05, 3.63) is 69.7 Å². The molecule has 2 N–H and O–H groups in total. The van der Waals surface area contributed by atoms with Gasteiger partial charge >= 0.3 is 0 Å². The monoisotopic (exact) mass is 305 g/mol. The zero-order valence-electron chi connectivity index (χ0n) is 10.6. The van der Waals surface area contributed by atoms with E-state index in [0.717, 1.165) is 11.1 Å². The maximum absolute atomic E-state index is 11.9. The van der Waals surface area contributed by atoms with Gasteiger partial charge in [-0.3, -0.25) is 4.79 Å². The topological polar surface area (TPSA) is 43.1 Å². The largest absolute Gasteiger partial charge is 0.399 e. The third kappa shape index (κ3) is 4.12. The summed E-state index contributed by atoms with van der Waals surface area (Å²) >= 11 is 11.8.